The van der Waals surface area contributed by atoms with E-state index in [-0.39, 0.29) is 23.5 Å². The van der Waals surface area contributed by atoms with Gasteiger partial charge in [-0.2, -0.15) is 0 Å². The molecule has 0 radical (unpaired) electrons. The first-order valence-electron chi connectivity index (χ1n) is 9.48. The van der Waals surface area contributed by atoms with Gasteiger partial charge in [-0.15, -0.1) is 0 Å². The van der Waals surface area contributed by atoms with Crippen molar-refractivity contribution in [1.82, 2.24) is 9.80 Å². The van der Waals surface area contributed by atoms with Gasteiger partial charge in [0.05, 0.1) is 5.92 Å². The molecule has 140 valence electrons. The maximum Gasteiger partial charge on any atom is 0.228 e. The van der Waals surface area contributed by atoms with Gasteiger partial charge in [-0.3, -0.25) is 9.59 Å². The molecule has 4 rings (SSSR count). The van der Waals surface area contributed by atoms with Crippen molar-refractivity contribution in [2.75, 3.05) is 19.6 Å². The van der Waals surface area contributed by atoms with Gasteiger partial charge in [-0.25, -0.2) is 4.39 Å². The van der Waals surface area contributed by atoms with E-state index in [1.807, 2.05) is 17.0 Å². The zero-order chi connectivity index (χ0) is 18.8. The number of rotatable bonds is 4. The maximum atomic E-state index is 13.0. The minimum atomic E-state index is -0.259. The summed E-state index contributed by atoms with van der Waals surface area (Å²) in [7, 11) is 0. The second kappa shape index (κ2) is 7.51. The van der Waals surface area contributed by atoms with E-state index in [1.54, 1.807) is 17.0 Å². The molecule has 1 atom stereocenters. The first-order chi connectivity index (χ1) is 13.1. The number of halogens is 1. The van der Waals surface area contributed by atoms with E-state index in [4.69, 9.17) is 0 Å². The van der Waals surface area contributed by atoms with Crippen LogP contribution in [0.2, 0.25) is 0 Å². The third-order valence-electron chi connectivity index (χ3n) is 5.59. The molecular weight excluding hydrogens is 343 g/mol. The van der Waals surface area contributed by atoms with Crippen LogP contribution in [-0.2, 0) is 29.0 Å². The van der Waals surface area contributed by atoms with E-state index < -0.39 is 0 Å². The molecule has 1 fully saturated rings. The number of nitrogens with zero attached hydrogens (tertiary/aromatic N) is 2. The van der Waals surface area contributed by atoms with Crippen LogP contribution in [0.1, 0.15) is 23.1 Å². The summed E-state index contributed by atoms with van der Waals surface area (Å²) in [5.41, 5.74) is 3.51. The van der Waals surface area contributed by atoms with Gasteiger partial charge in [0.1, 0.15) is 5.82 Å². The number of hydrogen-bond acceptors (Lipinski definition) is 2. The summed E-state index contributed by atoms with van der Waals surface area (Å²) < 4.78 is 13.0. The SMILES string of the molecule is O=C1CC(C(=O)N2CCc3ccccc3C2)CN1CCc1ccc(F)cc1. The van der Waals surface area contributed by atoms with Crippen LogP contribution in [0.4, 0.5) is 4.39 Å². The van der Waals surface area contributed by atoms with Crippen molar-refractivity contribution in [3.05, 3.63) is 71.0 Å². The Kier molecular flexibility index (Phi) is 4.92. The molecular formula is C22H23FN2O2. The van der Waals surface area contributed by atoms with Gasteiger partial charge in [0, 0.05) is 32.6 Å². The molecule has 0 aliphatic carbocycles. The molecule has 0 aromatic heterocycles. The van der Waals surface area contributed by atoms with Gasteiger partial charge in [-0.1, -0.05) is 36.4 Å². The monoisotopic (exact) mass is 366 g/mol. The first kappa shape index (κ1) is 17.7. The molecule has 2 heterocycles. The van der Waals surface area contributed by atoms with Crippen LogP contribution >= 0.6 is 0 Å². The number of hydrogen-bond donors (Lipinski definition) is 0. The predicted octanol–water partition coefficient (Wildman–Crippen LogP) is 2.80. The Morgan fingerprint density at radius 1 is 1.07 bits per heavy atom. The predicted molar refractivity (Wildman–Crippen MR) is 100 cm³/mol. The van der Waals surface area contributed by atoms with Crippen LogP contribution in [0.25, 0.3) is 0 Å². The molecule has 5 heteroatoms. The first-order valence-corrected chi connectivity index (χ1v) is 9.48. The van der Waals surface area contributed by atoms with Crippen LogP contribution in [0.3, 0.4) is 0 Å². The zero-order valence-corrected chi connectivity index (χ0v) is 15.2. The highest BCUT2D eigenvalue weighted by Crippen LogP contribution is 2.25. The quantitative estimate of drug-likeness (QED) is 0.835. The highest BCUT2D eigenvalue weighted by atomic mass is 19.1. The van der Waals surface area contributed by atoms with Crippen molar-refractivity contribution in [1.29, 1.82) is 0 Å². The minimum absolute atomic E-state index is 0.0351. The van der Waals surface area contributed by atoms with E-state index >= 15 is 0 Å². The van der Waals surface area contributed by atoms with E-state index in [0.717, 1.165) is 18.5 Å². The number of carbonyl (C=O) groups excluding carboxylic acids is 2. The zero-order valence-electron chi connectivity index (χ0n) is 15.2. The summed E-state index contributed by atoms with van der Waals surface area (Å²) in [5.74, 6) is -0.393. The number of carbonyl (C=O) groups is 2. The second-order valence-corrected chi connectivity index (χ2v) is 7.40. The van der Waals surface area contributed by atoms with Gasteiger partial charge in [-0.05, 0) is 41.7 Å². The summed E-state index contributed by atoms with van der Waals surface area (Å²) in [4.78, 5) is 28.9. The summed E-state index contributed by atoms with van der Waals surface area (Å²) >= 11 is 0. The smallest absolute Gasteiger partial charge is 0.228 e. The Labute approximate surface area is 158 Å². The topological polar surface area (TPSA) is 40.6 Å². The molecule has 2 aliphatic heterocycles. The average molecular weight is 366 g/mol. The van der Waals surface area contributed by atoms with Gasteiger partial charge in [0.2, 0.25) is 11.8 Å². The normalized spacial score (nSPS) is 19.3. The molecule has 0 saturated carbocycles. The number of benzene rings is 2. The van der Waals surface area contributed by atoms with E-state index in [0.29, 0.717) is 32.5 Å². The second-order valence-electron chi connectivity index (χ2n) is 7.40. The highest BCUT2D eigenvalue weighted by molar-refractivity contribution is 5.89. The summed E-state index contributed by atoms with van der Waals surface area (Å²) in [6.45, 7) is 2.40. The minimum Gasteiger partial charge on any atom is -0.342 e. The fourth-order valence-corrected chi connectivity index (χ4v) is 4.01. The average Bonchev–Trinajstić information content (AvgIpc) is 3.07. The van der Waals surface area contributed by atoms with Crippen molar-refractivity contribution in [2.24, 2.45) is 5.92 Å². The van der Waals surface area contributed by atoms with Crippen LogP contribution in [0, 0.1) is 11.7 Å². The van der Waals surface area contributed by atoms with Crippen molar-refractivity contribution < 1.29 is 14.0 Å². The molecule has 0 bridgehead atoms. The van der Waals surface area contributed by atoms with Gasteiger partial charge < -0.3 is 9.80 Å². The fourth-order valence-electron chi connectivity index (χ4n) is 4.01. The third-order valence-corrected chi connectivity index (χ3v) is 5.59. The third kappa shape index (κ3) is 3.87. The number of fused-ring (bicyclic) bond motifs is 1. The Hall–Kier alpha value is -2.69. The number of likely N-dealkylation sites (tertiary alicyclic amines) is 1. The van der Waals surface area contributed by atoms with Gasteiger partial charge in [0.25, 0.3) is 0 Å². The van der Waals surface area contributed by atoms with Crippen LogP contribution < -0.4 is 0 Å². The van der Waals surface area contributed by atoms with Crippen molar-refractivity contribution in [3.8, 4) is 0 Å². The molecule has 0 N–H and O–H groups in total. The lowest BCUT2D eigenvalue weighted by Gasteiger charge is -2.30. The lowest BCUT2D eigenvalue weighted by Crippen LogP contribution is -2.40. The molecule has 1 unspecified atom stereocenters. The molecule has 2 aromatic carbocycles. The molecule has 2 amide bonds. The summed E-state index contributed by atoms with van der Waals surface area (Å²) in [5, 5.41) is 0. The molecule has 27 heavy (non-hydrogen) atoms. The van der Waals surface area contributed by atoms with Gasteiger partial charge >= 0.3 is 0 Å². The molecule has 2 aromatic rings. The van der Waals surface area contributed by atoms with Crippen LogP contribution in [0.5, 0.6) is 0 Å². The van der Waals surface area contributed by atoms with Gasteiger partial charge in [0.15, 0.2) is 0 Å². The van der Waals surface area contributed by atoms with Crippen molar-refractivity contribution >= 4 is 11.8 Å². The van der Waals surface area contributed by atoms with Crippen molar-refractivity contribution in [3.63, 3.8) is 0 Å². The largest absolute Gasteiger partial charge is 0.342 e. The maximum absolute atomic E-state index is 13.0. The highest BCUT2D eigenvalue weighted by Gasteiger charge is 2.36. The van der Waals surface area contributed by atoms with E-state index in [1.165, 1.54) is 23.3 Å². The summed E-state index contributed by atoms with van der Waals surface area (Å²) in [6, 6.07) is 14.6. The standard InChI is InChI=1S/C22H23FN2O2/c23-20-7-5-16(6-8-20)9-11-24-15-19(13-21(24)26)22(27)25-12-10-17-3-1-2-4-18(17)14-25/h1-8,19H,9-15H2. The Morgan fingerprint density at radius 3 is 2.59 bits per heavy atom. The molecule has 4 nitrogen and oxygen atoms in total. The van der Waals surface area contributed by atoms with E-state index in [2.05, 4.69) is 12.1 Å². The molecule has 2 aliphatic rings. The Balaban J connectivity index is 1.34. The van der Waals surface area contributed by atoms with Crippen LogP contribution in [-0.4, -0.2) is 41.2 Å². The van der Waals surface area contributed by atoms with Crippen molar-refractivity contribution in [2.45, 2.75) is 25.8 Å². The molecule has 1 saturated heterocycles. The summed E-state index contributed by atoms with van der Waals surface area (Å²) in [6.07, 6.45) is 1.83. The lowest BCUT2D eigenvalue weighted by atomic mass is 9.98. The fraction of sp³-hybridized carbons (Fsp3) is 0.364. The van der Waals surface area contributed by atoms with Crippen LogP contribution in [0.15, 0.2) is 48.5 Å². The van der Waals surface area contributed by atoms with E-state index in [9.17, 15) is 14.0 Å². The lowest BCUT2D eigenvalue weighted by molar-refractivity contribution is -0.136. The molecule has 0 spiro atoms. The Bertz CT molecular complexity index is 850. The number of amides is 2. The Morgan fingerprint density at radius 2 is 1.81 bits per heavy atom.